The molecule has 0 unspecified atom stereocenters. The molecule has 1 aromatic rings. The number of rotatable bonds is 2. The fraction of sp³-hybridized carbons (Fsp3) is 0.500. The fourth-order valence-corrected chi connectivity index (χ4v) is 2.18. The third-order valence-electron chi connectivity index (χ3n) is 3.44. The van der Waals surface area contributed by atoms with Crippen molar-refractivity contribution in [2.45, 2.75) is 32.6 Å². The molecule has 17 heavy (non-hydrogen) atoms. The molecule has 1 atom stereocenters. The van der Waals surface area contributed by atoms with Crippen molar-refractivity contribution < 1.29 is 0 Å². The first kappa shape index (κ1) is 12.4. The molecule has 1 heterocycles. The standard InChI is InChI=1S/C16H23N/c1-16(2,3)15-8-6-13(7-9-15)4-5-14-10-11-17-12-14/h4-9,14,17H,10-12H2,1-3H3/b5-4+/t14-/m0/s1. The first-order valence-electron chi connectivity index (χ1n) is 6.55. The lowest BCUT2D eigenvalue weighted by Gasteiger charge is -2.18. The summed E-state index contributed by atoms with van der Waals surface area (Å²) in [5, 5.41) is 3.39. The van der Waals surface area contributed by atoms with Crippen LogP contribution >= 0.6 is 0 Å². The van der Waals surface area contributed by atoms with Gasteiger partial charge in [0.05, 0.1) is 0 Å². The minimum Gasteiger partial charge on any atom is -0.316 e. The van der Waals surface area contributed by atoms with E-state index in [0.717, 1.165) is 19.0 Å². The average Bonchev–Trinajstić information content (AvgIpc) is 2.78. The number of hydrogen-bond acceptors (Lipinski definition) is 1. The van der Waals surface area contributed by atoms with E-state index >= 15 is 0 Å². The third kappa shape index (κ3) is 3.44. The summed E-state index contributed by atoms with van der Waals surface area (Å²) in [7, 11) is 0. The van der Waals surface area contributed by atoms with Crippen LogP contribution in [0.4, 0.5) is 0 Å². The highest BCUT2D eigenvalue weighted by atomic mass is 14.9. The van der Waals surface area contributed by atoms with Gasteiger partial charge in [-0.05, 0) is 35.4 Å². The molecular formula is C16H23N. The summed E-state index contributed by atoms with van der Waals surface area (Å²) in [6.45, 7) is 9.06. The second kappa shape index (κ2) is 5.05. The normalized spacial score (nSPS) is 21.2. The second-order valence-electron chi connectivity index (χ2n) is 5.98. The quantitative estimate of drug-likeness (QED) is 0.817. The molecule has 1 aromatic carbocycles. The number of benzene rings is 1. The molecule has 0 aromatic heterocycles. The lowest BCUT2D eigenvalue weighted by atomic mass is 9.86. The topological polar surface area (TPSA) is 12.0 Å². The SMILES string of the molecule is CC(C)(C)c1ccc(/C=C/[C@H]2CCNC2)cc1. The largest absolute Gasteiger partial charge is 0.316 e. The van der Waals surface area contributed by atoms with Crippen LogP contribution in [0.25, 0.3) is 6.08 Å². The van der Waals surface area contributed by atoms with E-state index in [4.69, 9.17) is 0 Å². The van der Waals surface area contributed by atoms with Crippen LogP contribution in [0.3, 0.4) is 0 Å². The number of hydrogen-bond donors (Lipinski definition) is 1. The van der Waals surface area contributed by atoms with E-state index in [-0.39, 0.29) is 5.41 Å². The van der Waals surface area contributed by atoms with Gasteiger partial charge in [-0.25, -0.2) is 0 Å². The van der Waals surface area contributed by atoms with Gasteiger partial charge in [-0.3, -0.25) is 0 Å². The second-order valence-corrected chi connectivity index (χ2v) is 5.98. The van der Waals surface area contributed by atoms with Gasteiger partial charge in [0, 0.05) is 6.54 Å². The Balaban J connectivity index is 2.02. The third-order valence-corrected chi connectivity index (χ3v) is 3.44. The zero-order valence-corrected chi connectivity index (χ0v) is 11.2. The predicted molar refractivity (Wildman–Crippen MR) is 75.2 cm³/mol. The molecule has 0 amide bonds. The van der Waals surface area contributed by atoms with Crippen molar-refractivity contribution in [2.24, 2.45) is 5.92 Å². The Hall–Kier alpha value is -1.08. The average molecular weight is 229 g/mol. The summed E-state index contributed by atoms with van der Waals surface area (Å²) in [5.74, 6) is 0.720. The Morgan fingerprint density at radius 1 is 1.18 bits per heavy atom. The Labute approximate surface area is 105 Å². The summed E-state index contributed by atoms with van der Waals surface area (Å²) in [5.41, 5.74) is 2.96. The molecule has 1 aliphatic heterocycles. The van der Waals surface area contributed by atoms with E-state index < -0.39 is 0 Å². The van der Waals surface area contributed by atoms with Gasteiger partial charge < -0.3 is 5.32 Å². The molecule has 0 aliphatic carbocycles. The molecule has 0 radical (unpaired) electrons. The van der Waals surface area contributed by atoms with Crippen molar-refractivity contribution in [3.8, 4) is 0 Å². The van der Waals surface area contributed by atoms with Gasteiger partial charge in [-0.15, -0.1) is 0 Å². The molecular weight excluding hydrogens is 206 g/mol. The molecule has 1 aliphatic rings. The van der Waals surface area contributed by atoms with Crippen LogP contribution in [0.2, 0.25) is 0 Å². The van der Waals surface area contributed by atoms with Crippen molar-refractivity contribution in [3.63, 3.8) is 0 Å². The highest BCUT2D eigenvalue weighted by Crippen LogP contribution is 2.22. The Morgan fingerprint density at radius 2 is 1.88 bits per heavy atom. The number of nitrogens with one attached hydrogen (secondary N) is 1. The van der Waals surface area contributed by atoms with E-state index in [9.17, 15) is 0 Å². The minimum absolute atomic E-state index is 0.248. The Morgan fingerprint density at radius 3 is 2.41 bits per heavy atom. The van der Waals surface area contributed by atoms with Crippen LogP contribution in [-0.4, -0.2) is 13.1 Å². The van der Waals surface area contributed by atoms with Crippen molar-refractivity contribution >= 4 is 6.08 Å². The Kier molecular flexibility index (Phi) is 3.68. The molecule has 0 bridgehead atoms. The molecule has 0 saturated carbocycles. The highest BCUT2D eigenvalue weighted by molar-refractivity contribution is 5.50. The zero-order chi connectivity index (χ0) is 12.3. The van der Waals surface area contributed by atoms with Gasteiger partial charge in [0.25, 0.3) is 0 Å². The van der Waals surface area contributed by atoms with Crippen molar-refractivity contribution in [1.82, 2.24) is 5.32 Å². The predicted octanol–water partition coefficient (Wildman–Crippen LogP) is 3.61. The van der Waals surface area contributed by atoms with E-state index in [0.29, 0.717) is 0 Å². The van der Waals surface area contributed by atoms with Gasteiger partial charge in [0.15, 0.2) is 0 Å². The maximum Gasteiger partial charge on any atom is 0.00148 e. The molecule has 1 heteroatoms. The monoisotopic (exact) mass is 229 g/mol. The fourth-order valence-electron chi connectivity index (χ4n) is 2.18. The molecule has 1 nitrogen and oxygen atoms in total. The lowest BCUT2D eigenvalue weighted by Crippen LogP contribution is -2.10. The van der Waals surface area contributed by atoms with Crippen molar-refractivity contribution in [3.05, 3.63) is 41.5 Å². The maximum absolute atomic E-state index is 3.39. The first-order valence-corrected chi connectivity index (χ1v) is 6.55. The molecule has 1 saturated heterocycles. The van der Waals surface area contributed by atoms with E-state index in [2.05, 4.69) is 62.5 Å². The summed E-state index contributed by atoms with van der Waals surface area (Å²) in [6, 6.07) is 8.93. The van der Waals surface area contributed by atoms with Crippen LogP contribution in [0.5, 0.6) is 0 Å². The van der Waals surface area contributed by atoms with Crippen LogP contribution in [0, 0.1) is 5.92 Å². The summed E-state index contributed by atoms with van der Waals surface area (Å²) in [6.07, 6.45) is 5.87. The van der Waals surface area contributed by atoms with E-state index in [1.165, 1.54) is 17.5 Å². The first-order chi connectivity index (χ1) is 8.05. The van der Waals surface area contributed by atoms with Crippen LogP contribution < -0.4 is 5.32 Å². The van der Waals surface area contributed by atoms with Gasteiger partial charge >= 0.3 is 0 Å². The molecule has 1 N–H and O–H groups in total. The van der Waals surface area contributed by atoms with Gasteiger partial charge in [0.2, 0.25) is 0 Å². The zero-order valence-electron chi connectivity index (χ0n) is 11.2. The van der Waals surface area contributed by atoms with Gasteiger partial charge in [-0.2, -0.15) is 0 Å². The Bertz CT molecular complexity index is 375. The van der Waals surface area contributed by atoms with Crippen LogP contribution in [-0.2, 0) is 5.41 Å². The highest BCUT2D eigenvalue weighted by Gasteiger charge is 2.13. The molecule has 1 fully saturated rings. The van der Waals surface area contributed by atoms with Crippen molar-refractivity contribution in [2.75, 3.05) is 13.1 Å². The van der Waals surface area contributed by atoms with Gasteiger partial charge in [0.1, 0.15) is 0 Å². The van der Waals surface area contributed by atoms with Crippen LogP contribution in [0.15, 0.2) is 30.3 Å². The molecule has 92 valence electrons. The molecule has 0 spiro atoms. The van der Waals surface area contributed by atoms with E-state index in [1.54, 1.807) is 0 Å². The lowest BCUT2D eigenvalue weighted by molar-refractivity contribution is 0.590. The molecule has 2 rings (SSSR count). The summed E-state index contributed by atoms with van der Waals surface area (Å²) < 4.78 is 0. The summed E-state index contributed by atoms with van der Waals surface area (Å²) >= 11 is 0. The minimum atomic E-state index is 0.248. The van der Waals surface area contributed by atoms with Crippen LogP contribution in [0.1, 0.15) is 38.3 Å². The van der Waals surface area contributed by atoms with Gasteiger partial charge in [-0.1, -0.05) is 57.2 Å². The van der Waals surface area contributed by atoms with E-state index in [1.807, 2.05) is 0 Å². The maximum atomic E-state index is 3.39. The summed E-state index contributed by atoms with van der Waals surface area (Å²) in [4.78, 5) is 0. The van der Waals surface area contributed by atoms with Crippen molar-refractivity contribution in [1.29, 1.82) is 0 Å². The smallest absolute Gasteiger partial charge is 0.00148 e.